The van der Waals surface area contributed by atoms with Crippen molar-refractivity contribution in [2.75, 3.05) is 18.0 Å². The highest BCUT2D eigenvalue weighted by molar-refractivity contribution is 5.86. The predicted octanol–water partition coefficient (Wildman–Crippen LogP) is 1.45. The summed E-state index contributed by atoms with van der Waals surface area (Å²) in [6.07, 6.45) is 7.27. The zero-order chi connectivity index (χ0) is 18.3. The maximum absolute atomic E-state index is 12.4. The second-order valence-corrected chi connectivity index (χ2v) is 7.08. The second kappa shape index (κ2) is 6.51. The lowest BCUT2D eigenvalue weighted by Gasteiger charge is -2.33. The Hall–Kier alpha value is -2.77. The molecule has 0 aromatic carbocycles. The van der Waals surface area contributed by atoms with Gasteiger partial charge in [-0.15, -0.1) is 0 Å². The van der Waals surface area contributed by atoms with Crippen LogP contribution >= 0.6 is 0 Å². The Kier molecular flexibility index (Phi) is 4.18. The quantitative estimate of drug-likeness (QED) is 0.709. The topological polar surface area (TPSA) is 81.7 Å². The van der Waals surface area contributed by atoms with E-state index in [4.69, 9.17) is 0 Å². The molecule has 0 radical (unpaired) electrons. The van der Waals surface area contributed by atoms with E-state index < -0.39 is 0 Å². The number of hydrogen-bond donors (Lipinski definition) is 0. The summed E-state index contributed by atoms with van der Waals surface area (Å²) in [7, 11) is 1.90. The first kappa shape index (κ1) is 16.7. The van der Waals surface area contributed by atoms with Crippen molar-refractivity contribution >= 4 is 16.9 Å². The van der Waals surface area contributed by atoms with E-state index in [0.29, 0.717) is 5.92 Å². The number of rotatable bonds is 3. The number of aryl methyl sites for hydroxylation is 2. The maximum Gasteiger partial charge on any atom is 0.256 e. The molecule has 0 unspecified atom stereocenters. The van der Waals surface area contributed by atoms with Crippen LogP contribution in [0.3, 0.4) is 0 Å². The van der Waals surface area contributed by atoms with E-state index in [-0.39, 0.29) is 5.56 Å². The minimum Gasteiger partial charge on any atom is -0.356 e. The number of anilines is 1. The fourth-order valence-corrected chi connectivity index (χ4v) is 3.60. The molecule has 1 aliphatic rings. The van der Waals surface area contributed by atoms with Crippen molar-refractivity contribution in [1.82, 2.24) is 29.3 Å². The average Bonchev–Trinajstić information content (AvgIpc) is 3.03. The minimum absolute atomic E-state index is 0.0767. The van der Waals surface area contributed by atoms with Crippen LogP contribution in [0.2, 0.25) is 0 Å². The van der Waals surface area contributed by atoms with Gasteiger partial charge in [0, 0.05) is 44.1 Å². The molecule has 1 saturated heterocycles. The van der Waals surface area contributed by atoms with Gasteiger partial charge in [-0.3, -0.25) is 14.0 Å². The molecule has 0 aliphatic carbocycles. The monoisotopic (exact) mass is 353 g/mol. The normalized spacial score (nSPS) is 15.7. The zero-order valence-electron chi connectivity index (χ0n) is 15.4. The van der Waals surface area contributed by atoms with Gasteiger partial charge in [0.2, 0.25) is 0 Å². The van der Waals surface area contributed by atoms with Crippen molar-refractivity contribution in [2.45, 2.75) is 33.2 Å². The summed E-state index contributed by atoms with van der Waals surface area (Å²) in [4.78, 5) is 27.7. The minimum atomic E-state index is 0.0767. The third-order valence-corrected chi connectivity index (χ3v) is 5.29. The van der Waals surface area contributed by atoms with Crippen molar-refractivity contribution < 1.29 is 0 Å². The van der Waals surface area contributed by atoms with Gasteiger partial charge >= 0.3 is 0 Å². The van der Waals surface area contributed by atoms with Crippen molar-refractivity contribution in [3.8, 4) is 0 Å². The molecule has 0 atom stereocenters. The lowest BCUT2D eigenvalue weighted by atomic mass is 9.96. The van der Waals surface area contributed by atoms with Crippen LogP contribution in [0.4, 0.5) is 5.82 Å². The van der Waals surface area contributed by atoms with E-state index in [1.54, 1.807) is 21.9 Å². The Morgan fingerprint density at radius 2 is 1.92 bits per heavy atom. The highest BCUT2D eigenvalue weighted by Crippen LogP contribution is 2.27. The molecular weight excluding hydrogens is 330 g/mol. The molecule has 0 amide bonds. The van der Waals surface area contributed by atoms with E-state index in [1.165, 1.54) is 0 Å². The summed E-state index contributed by atoms with van der Waals surface area (Å²) >= 11 is 0. The number of hydrogen-bond acceptors (Lipinski definition) is 6. The number of piperidine rings is 1. The molecule has 3 aromatic heterocycles. The van der Waals surface area contributed by atoms with Crippen LogP contribution in [-0.2, 0) is 13.6 Å². The van der Waals surface area contributed by atoms with Crippen LogP contribution in [0.25, 0.3) is 11.0 Å². The Bertz CT molecular complexity index is 998. The Balaban J connectivity index is 1.47. The van der Waals surface area contributed by atoms with Crippen molar-refractivity contribution in [1.29, 1.82) is 0 Å². The Morgan fingerprint density at radius 3 is 2.69 bits per heavy atom. The molecule has 0 N–H and O–H groups in total. The summed E-state index contributed by atoms with van der Waals surface area (Å²) in [5.41, 5.74) is 2.36. The number of nitrogens with zero attached hydrogens (tertiary/aromatic N) is 7. The molecule has 136 valence electrons. The van der Waals surface area contributed by atoms with Crippen molar-refractivity contribution in [3.05, 3.63) is 40.5 Å². The molecule has 8 nitrogen and oxygen atoms in total. The Labute approximate surface area is 151 Å². The molecule has 1 fully saturated rings. The maximum atomic E-state index is 12.4. The molecule has 0 saturated carbocycles. The molecule has 0 spiro atoms. The van der Waals surface area contributed by atoms with Gasteiger partial charge in [-0.1, -0.05) is 0 Å². The van der Waals surface area contributed by atoms with Gasteiger partial charge < -0.3 is 4.90 Å². The largest absolute Gasteiger partial charge is 0.356 e. The summed E-state index contributed by atoms with van der Waals surface area (Å²) in [6.45, 7) is 6.28. The van der Waals surface area contributed by atoms with Gasteiger partial charge in [-0.05, 0) is 32.6 Å². The summed E-state index contributed by atoms with van der Waals surface area (Å²) < 4.78 is 3.53. The summed E-state index contributed by atoms with van der Waals surface area (Å²) in [6, 6.07) is 0. The van der Waals surface area contributed by atoms with Crippen LogP contribution in [0.5, 0.6) is 0 Å². The van der Waals surface area contributed by atoms with Gasteiger partial charge in [-0.25, -0.2) is 15.0 Å². The first-order valence-corrected chi connectivity index (χ1v) is 8.95. The molecule has 4 rings (SSSR count). The van der Waals surface area contributed by atoms with Crippen LogP contribution in [0.1, 0.15) is 24.1 Å². The predicted molar refractivity (Wildman–Crippen MR) is 99.2 cm³/mol. The van der Waals surface area contributed by atoms with Crippen LogP contribution in [0.15, 0.2) is 23.6 Å². The standard InChI is InChI=1S/C18H23N7O/c1-12-13(2)21-11-25(18(12)26)8-14-4-6-24(7-5-14)17-15-9-23(3)22-16(15)19-10-20-17/h9-11,14H,4-8H2,1-3H3. The van der Waals surface area contributed by atoms with E-state index in [1.807, 2.05) is 27.1 Å². The number of fused-ring (bicyclic) bond motifs is 1. The Morgan fingerprint density at radius 1 is 1.15 bits per heavy atom. The lowest BCUT2D eigenvalue weighted by Crippen LogP contribution is -2.37. The average molecular weight is 353 g/mol. The molecule has 26 heavy (non-hydrogen) atoms. The molecule has 4 heterocycles. The molecule has 8 heteroatoms. The smallest absolute Gasteiger partial charge is 0.256 e. The SMILES string of the molecule is Cc1ncn(CC2CCN(c3ncnc4nn(C)cc34)CC2)c(=O)c1C. The van der Waals surface area contributed by atoms with Crippen LogP contribution < -0.4 is 10.5 Å². The summed E-state index contributed by atoms with van der Waals surface area (Å²) in [5, 5.41) is 5.35. The van der Waals surface area contributed by atoms with Gasteiger partial charge in [0.05, 0.1) is 11.7 Å². The highest BCUT2D eigenvalue weighted by atomic mass is 16.1. The lowest BCUT2D eigenvalue weighted by molar-refractivity contribution is 0.350. The third-order valence-electron chi connectivity index (χ3n) is 5.29. The van der Waals surface area contributed by atoms with Gasteiger partial charge in [0.25, 0.3) is 5.56 Å². The molecule has 0 bridgehead atoms. The fraction of sp³-hybridized carbons (Fsp3) is 0.500. The van der Waals surface area contributed by atoms with Crippen LogP contribution in [-0.4, -0.2) is 42.4 Å². The fourth-order valence-electron chi connectivity index (χ4n) is 3.60. The number of aromatic nitrogens is 6. The van der Waals surface area contributed by atoms with Crippen molar-refractivity contribution in [3.63, 3.8) is 0 Å². The zero-order valence-corrected chi connectivity index (χ0v) is 15.4. The van der Waals surface area contributed by atoms with E-state index in [9.17, 15) is 4.79 Å². The first-order chi connectivity index (χ1) is 12.5. The summed E-state index contributed by atoms with van der Waals surface area (Å²) in [5.74, 6) is 1.42. The first-order valence-electron chi connectivity index (χ1n) is 8.95. The van der Waals surface area contributed by atoms with E-state index in [0.717, 1.165) is 60.6 Å². The molecule has 3 aromatic rings. The van der Waals surface area contributed by atoms with Crippen molar-refractivity contribution in [2.24, 2.45) is 13.0 Å². The van der Waals surface area contributed by atoms with Gasteiger partial charge in [0.15, 0.2) is 5.65 Å². The van der Waals surface area contributed by atoms with Gasteiger partial charge in [0.1, 0.15) is 12.1 Å². The molecular formula is C18H23N7O. The van der Waals surface area contributed by atoms with E-state index in [2.05, 4.69) is 25.0 Å². The molecule has 1 aliphatic heterocycles. The second-order valence-electron chi connectivity index (χ2n) is 7.08. The highest BCUT2D eigenvalue weighted by Gasteiger charge is 2.23. The van der Waals surface area contributed by atoms with Gasteiger partial charge in [-0.2, -0.15) is 5.10 Å². The van der Waals surface area contributed by atoms with E-state index >= 15 is 0 Å². The van der Waals surface area contributed by atoms with Crippen LogP contribution in [0, 0.1) is 19.8 Å². The third kappa shape index (κ3) is 2.95.